The number of ether oxygens (including phenoxy) is 1. The molecule has 5 heteroatoms. The Kier molecular flexibility index (Phi) is 7.02. The fourth-order valence-electron chi connectivity index (χ4n) is 2.97. The minimum Gasteiger partial charge on any atom is -0.389 e. The number of aliphatic hydroxyl groups is 1. The molecule has 1 aliphatic rings. The Bertz CT molecular complexity index is 482. The second kappa shape index (κ2) is 9.01. The lowest BCUT2D eigenvalue weighted by Gasteiger charge is -2.33. The molecule has 1 aliphatic heterocycles. The Morgan fingerprint density at radius 3 is 2.61 bits per heavy atom. The van der Waals surface area contributed by atoms with Crippen LogP contribution in [-0.4, -0.2) is 61.4 Å². The molecular formula is C18H28N2O3. The number of amides is 1. The SMILES string of the molecule is COCC(O)CN1CCC(NC(=O)Cc2ccc(C)cc2)CC1. The van der Waals surface area contributed by atoms with Gasteiger partial charge in [0.1, 0.15) is 0 Å². The molecule has 0 aromatic heterocycles. The third-order valence-corrected chi connectivity index (χ3v) is 4.27. The number of hydrogen-bond acceptors (Lipinski definition) is 4. The van der Waals surface area contributed by atoms with Crippen LogP contribution in [0.5, 0.6) is 0 Å². The lowest BCUT2D eigenvalue weighted by atomic mass is 10.0. The largest absolute Gasteiger partial charge is 0.389 e. The Hall–Kier alpha value is -1.43. The second-order valence-electron chi connectivity index (χ2n) is 6.41. The molecule has 0 radical (unpaired) electrons. The number of β-amino-alcohol motifs (C(OH)–C–C–N with tert-alkyl or cyclic N) is 1. The van der Waals surface area contributed by atoms with E-state index in [1.165, 1.54) is 5.56 Å². The summed E-state index contributed by atoms with van der Waals surface area (Å²) in [5, 5.41) is 12.9. The highest BCUT2D eigenvalue weighted by Gasteiger charge is 2.22. The number of nitrogens with one attached hydrogen (secondary N) is 1. The molecule has 1 fully saturated rings. The maximum atomic E-state index is 12.1. The molecule has 0 spiro atoms. The van der Waals surface area contributed by atoms with Crippen LogP contribution in [0.4, 0.5) is 0 Å². The van der Waals surface area contributed by atoms with E-state index in [-0.39, 0.29) is 11.9 Å². The van der Waals surface area contributed by atoms with Gasteiger partial charge in [0.15, 0.2) is 0 Å². The molecule has 0 bridgehead atoms. The van der Waals surface area contributed by atoms with Gasteiger partial charge in [-0.3, -0.25) is 4.79 Å². The van der Waals surface area contributed by atoms with Crippen molar-refractivity contribution in [1.82, 2.24) is 10.2 Å². The number of carbonyl (C=O) groups excluding carboxylic acids is 1. The molecule has 1 aromatic carbocycles. The molecule has 2 N–H and O–H groups in total. The van der Waals surface area contributed by atoms with Crippen LogP contribution in [0.1, 0.15) is 24.0 Å². The number of aryl methyl sites for hydroxylation is 1. The first-order valence-electron chi connectivity index (χ1n) is 8.31. The first-order valence-corrected chi connectivity index (χ1v) is 8.31. The maximum Gasteiger partial charge on any atom is 0.224 e. The lowest BCUT2D eigenvalue weighted by molar-refractivity contribution is -0.121. The zero-order chi connectivity index (χ0) is 16.7. The summed E-state index contributed by atoms with van der Waals surface area (Å²) in [6.45, 7) is 4.85. The van der Waals surface area contributed by atoms with Crippen LogP contribution in [-0.2, 0) is 16.0 Å². The highest BCUT2D eigenvalue weighted by molar-refractivity contribution is 5.78. The molecule has 0 aliphatic carbocycles. The van der Waals surface area contributed by atoms with E-state index >= 15 is 0 Å². The van der Waals surface area contributed by atoms with Gasteiger partial charge in [0, 0.05) is 32.8 Å². The second-order valence-corrected chi connectivity index (χ2v) is 6.41. The van der Waals surface area contributed by atoms with Crippen LogP contribution in [0.3, 0.4) is 0 Å². The molecule has 1 heterocycles. The van der Waals surface area contributed by atoms with E-state index in [4.69, 9.17) is 4.74 Å². The van der Waals surface area contributed by atoms with Gasteiger partial charge in [-0.05, 0) is 25.3 Å². The van der Waals surface area contributed by atoms with E-state index in [9.17, 15) is 9.90 Å². The number of benzene rings is 1. The van der Waals surface area contributed by atoms with Crippen LogP contribution in [0, 0.1) is 6.92 Å². The zero-order valence-corrected chi connectivity index (χ0v) is 14.1. The Morgan fingerprint density at radius 2 is 2.00 bits per heavy atom. The molecule has 2 rings (SSSR count). The van der Waals surface area contributed by atoms with Crippen LogP contribution in [0.2, 0.25) is 0 Å². The molecular weight excluding hydrogens is 292 g/mol. The van der Waals surface area contributed by atoms with Gasteiger partial charge in [0.25, 0.3) is 0 Å². The van der Waals surface area contributed by atoms with Crippen LogP contribution in [0.15, 0.2) is 24.3 Å². The van der Waals surface area contributed by atoms with E-state index in [1.54, 1.807) is 7.11 Å². The van der Waals surface area contributed by atoms with Crippen LogP contribution in [0.25, 0.3) is 0 Å². The molecule has 1 atom stereocenters. The normalized spacial score (nSPS) is 17.9. The average molecular weight is 320 g/mol. The third-order valence-electron chi connectivity index (χ3n) is 4.27. The topological polar surface area (TPSA) is 61.8 Å². The number of hydrogen-bond donors (Lipinski definition) is 2. The number of likely N-dealkylation sites (tertiary alicyclic amines) is 1. The molecule has 0 saturated carbocycles. The summed E-state index contributed by atoms with van der Waals surface area (Å²) in [6.07, 6.45) is 1.86. The molecule has 1 unspecified atom stereocenters. The minimum atomic E-state index is -0.437. The van der Waals surface area contributed by atoms with E-state index in [1.807, 2.05) is 31.2 Å². The van der Waals surface area contributed by atoms with Gasteiger partial charge in [-0.25, -0.2) is 0 Å². The number of carbonyl (C=O) groups is 1. The molecule has 1 aromatic rings. The highest BCUT2D eigenvalue weighted by Crippen LogP contribution is 2.11. The van der Waals surface area contributed by atoms with Crippen molar-refractivity contribution in [3.05, 3.63) is 35.4 Å². The highest BCUT2D eigenvalue weighted by atomic mass is 16.5. The van der Waals surface area contributed by atoms with E-state index in [2.05, 4.69) is 10.2 Å². The van der Waals surface area contributed by atoms with Gasteiger partial charge >= 0.3 is 0 Å². The van der Waals surface area contributed by atoms with Gasteiger partial charge in [0.05, 0.1) is 19.1 Å². The minimum absolute atomic E-state index is 0.0896. The maximum absolute atomic E-state index is 12.1. The summed E-state index contributed by atoms with van der Waals surface area (Å²) in [5.74, 6) is 0.0896. The quantitative estimate of drug-likeness (QED) is 0.790. The monoisotopic (exact) mass is 320 g/mol. The van der Waals surface area contributed by atoms with Crippen LogP contribution < -0.4 is 5.32 Å². The number of nitrogens with zero attached hydrogens (tertiary/aromatic N) is 1. The van der Waals surface area contributed by atoms with Crippen molar-refractivity contribution in [2.24, 2.45) is 0 Å². The summed E-state index contributed by atoms with van der Waals surface area (Å²) in [7, 11) is 1.60. The lowest BCUT2D eigenvalue weighted by Crippen LogP contribution is -2.47. The van der Waals surface area contributed by atoms with Gasteiger partial charge in [0.2, 0.25) is 5.91 Å². The fourth-order valence-corrected chi connectivity index (χ4v) is 2.97. The van der Waals surface area contributed by atoms with Gasteiger partial charge in [-0.2, -0.15) is 0 Å². The Labute approximate surface area is 138 Å². The Morgan fingerprint density at radius 1 is 1.35 bits per heavy atom. The van der Waals surface area contributed by atoms with Crippen molar-refractivity contribution in [3.8, 4) is 0 Å². The molecule has 1 amide bonds. The van der Waals surface area contributed by atoms with Crippen molar-refractivity contribution in [2.75, 3.05) is 33.4 Å². The molecule has 128 valence electrons. The third kappa shape index (κ3) is 6.29. The van der Waals surface area contributed by atoms with Crippen molar-refractivity contribution >= 4 is 5.91 Å². The molecule has 5 nitrogen and oxygen atoms in total. The number of rotatable bonds is 7. The summed E-state index contributed by atoms with van der Waals surface area (Å²) < 4.78 is 4.95. The predicted octanol–water partition coefficient (Wildman–Crippen LogP) is 1.13. The van der Waals surface area contributed by atoms with Gasteiger partial charge < -0.3 is 20.1 Å². The summed E-state index contributed by atoms with van der Waals surface area (Å²) in [4.78, 5) is 14.4. The number of methoxy groups -OCH3 is 1. The molecule has 23 heavy (non-hydrogen) atoms. The molecule has 1 saturated heterocycles. The standard InChI is InChI=1S/C18H28N2O3/c1-14-3-5-15(6-4-14)11-18(22)19-16-7-9-20(10-8-16)12-17(21)13-23-2/h3-6,16-17,21H,7-13H2,1-2H3,(H,19,22). The predicted molar refractivity (Wildman–Crippen MR) is 90.4 cm³/mol. The smallest absolute Gasteiger partial charge is 0.224 e. The Balaban J connectivity index is 1.69. The van der Waals surface area contributed by atoms with E-state index in [0.717, 1.165) is 31.5 Å². The average Bonchev–Trinajstić information content (AvgIpc) is 2.52. The van der Waals surface area contributed by atoms with E-state index < -0.39 is 6.10 Å². The fraction of sp³-hybridized carbons (Fsp3) is 0.611. The summed E-state index contributed by atoms with van der Waals surface area (Å²) in [5.41, 5.74) is 2.26. The number of aliphatic hydroxyl groups excluding tert-OH is 1. The zero-order valence-electron chi connectivity index (χ0n) is 14.1. The van der Waals surface area contributed by atoms with Crippen LogP contribution >= 0.6 is 0 Å². The summed E-state index contributed by atoms with van der Waals surface area (Å²) in [6, 6.07) is 8.33. The van der Waals surface area contributed by atoms with Crippen molar-refractivity contribution in [3.63, 3.8) is 0 Å². The van der Waals surface area contributed by atoms with Crippen molar-refractivity contribution in [2.45, 2.75) is 38.3 Å². The first-order chi connectivity index (χ1) is 11.1. The summed E-state index contributed by atoms with van der Waals surface area (Å²) >= 11 is 0. The van der Waals surface area contributed by atoms with Crippen molar-refractivity contribution in [1.29, 1.82) is 0 Å². The van der Waals surface area contributed by atoms with Gasteiger partial charge in [-0.15, -0.1) is 0 Å². The van der Waals surface area contributed by atoms with Crippen molar-refractivity contribution < 1.29 is 14.6 Å². The first kappa shape index (κ1) is 17.9. The van der Waals surface area contributed by atoms with E-state index in [0.29, 0.717) is 19.6 Å². The van der Waals surface area contributed by atoms with Gasteiger partial charge in [-0.1, -0.05) is 29.8 Å². The number of piperidine rings is 1.